The van der Waals surface area contributed by atoms with Gasteiger partial charge in [-0.25, -0.2) is 0 Å². The number of hydrogen-bond acceptors (Lipinski definition) is 3. The lowest BCUT2D eigenvalue weighted by Crippen LogP contribution is -2.39. The molecule has 86 valence electrons. The molecule has 5 nitrogen and oxygen atoms in total. The Hall–Kier alpha value is -1.65. The van der Waals surface area contributed by atoms with E-state index in [0.29, 0.717) is 24.3 Å². The van der Waals surface area contributed by atoms with Gasteiger partial charge in [0.1, 0.15) is 11.5 Å². The van der Waals surface area contributed by atoms with Gasteiger partial charge in [0.15, 0.2) is 0 Å². The van der Waals surface area contributed by atoms with Crippen molar-refractivity contribution in [2.24, 2.45) is 0 Å². The lowest BCUT2D eigenvalue weighted by Gasteiger charge is -2.30. The SMILES string of the molecule is CN(C(=O)c1ccn[nH]1)C1CCC(=O)CC1. The molecular weight excluding hydrogens is 206 g/mol. The van der Waals surface area contributed by atoms with Gasteiger partial charge in [0, 0.05) is 32.1 Å². The second-order valence-corrected chi connectivity index (χ2v) is 4.16. The predicted octanol–water partition coefficient (Wildman–Crippen LogP) is 0.993. The van der Waals surface area contributed by atoms with Crippen molar-refractivity contribution in [3.63, 3.8) is 0 Å². The number of hydrogen-bond donors (Lipinski definition) is 1. The summed E-state index contributed by atoms with van der Waals surface area (Å²) >= 11 is 0. The monoisotopic (exact) mass is 221 g/mol. The van der Waals surface area contributed by atoms with Gasteiger partial charge in [-0.3, -0.25) is 14.7 Å². The smallest absolute Gasteiger partial charge is 0.271 e. The number of rotatable bonds is 2. The number of aromatic amines is 1. The highest BCUT2D eigenvalue weighted by Gasteiger charge is 2.26. The Morgan fingerprint density at radius 2 is 2.19 bits per heavy atom. The molecule has 1 aliphatic carbocycles. The number of Topliss-reactive ketones (excluding diaryl/α,β-unsaturated/α-hetero) is 1. The van der Waals surface area contributed by atoms with Crippen molar-refractivity contribution in [3.8, 4) is 0 Å². The molecule has 1 heterocycles. The van der Waals surface area contributed by atoms with E-state index in [4.69, 9.17) is 0 Å². The van der Waals surface area contributed by atoms with E-state index < -0.39 is 0 Å². The fourth-order valence-electron chi connectivity index (χ4n) is 2.04. The van der Waals surface area contributed by atoms with Crippen molar-refractivity contribution >= 4 is 11.7 Å². The maximum absolute atomic E-state index is 12.0. The van der Waals surface area contributed by atoms with E-state index in [0.717, 1.165) is 12.8 Å². The molecule has 0 spiro atoms. The minimum absolute atomic E-state index is 0.0585. The van der Waals surface area contributed by atoms with Crippen LogP contribution in [-0.2, 0) is 4.79 Å². The second-order valence-electron chi connectivity index (χ2n) is 4.16. The van der Waals surface area contributed by atoms with Crippen molar-refractivity contribution < 1.29 is 9.59 Å². The van der Waals surface area contributed by atoms with E-state index in [1.54, 1.807) is 24.2 Å². The number of aromatic nitrogens is 2. The molecule has 2 rings (SSSR count). The number of carbonyl (C=O) groups is 2. The van der Waals surface area contributed by atoms with Crippen LogP contribution in [0.4, 0.5) is 0 Å². The standard InChI is InChI=1S/C11H15N3O2/c1-14(8-2-4-9(15)5-3-8)11(16)10-6-7-12-13-10/h6-8H,2-5H2,1H3,(H,12,13). The number of carbonyl (C=O) groups excluding carboxylic acids is 2. The zero-order valence-corrected chi connectivity index (χ0v) is 9.27. The molecule has 1 N–H and O–H groups in total. The third-order valence-corrected chi connectivity index (χ3v) is 3.11. The summed E-state index contributed by atoms with van der Waals surface area (Å²) in [6.45, 7) is 0. The van der Waals surface area contributed by atoms with Gasteiger partial charge in [-0.15, -0.1) is 0 Å². The first-order valence-electron chi connectivity index (χ1n) is 5.46. The van der Waals surface area contributed by atoms with Gasteiger partial charge >= 0.3 is 0 Å². The molecule has 1 saturated carbocycles. The third kappa shape index (κ3) is 2.13. The molecule has 1 fully saturated rings. The predicted molar refractivity (Wildman–Crippen MR) is 57.9 cm³/mol. The molecule has 0 saturated heterocycles. The molecule has 5 heteroatoms. The van der Waals surface area contributed by atoms with E-state index in [-0.39, 0.29) is 11.9 Å². The highest BCUT2D eigenvalue weighted by atomic mass is 16.2. The van der Waals surface area contributed by atoms with E-state index in [9.17, 15) is 9.59 Å². The molecule has 1 aromatic rings. The van der Waals surface area contributed by atoms with Gasteiger partial charge in [0.2, 0.25) is 0 Å². The average molecular weight is 221 g/mol. The van der Waals surface area contributed by atoms with E-state index in [1.165, 1.54) is 0 Å². The Morgan fingerprint density at radius 3 is 2.75 bits per heavy atom. The number of amides is 1. The van der Waals surface area contributed by atoms with Gasteiger partial charge < -0.3 is 4.90 Å². The van der Waals surface area contributed by atoms with Gasteiger partial charge in [0.25, 0.3) is 5.91 Å². The molecule has 0 bridgehead atoms. The summed E-state index contributed by atoms with van der Waals surface area (Å²) in [5.74, 6) is 0.246. The maximum atomic E-state index is 12.0. The minimum Gasteiger partial charge on any atom is -0.337 e. The minimum atomic E-state index is -0.0585. The first kappa shape index (κ1) is 10.9. The third-order valence-electron chi connectivity index (χ3n) is 3.11. The Labute approximate surface area is 93.8 Å². The molecule has 0 radical (unpaired) electrons. The summed E-state index contributed by atoms with van der Waals surface area (Å²) in [4.78, 5) is 24.8. The Kier molecular flexibility index (Phi) is 3.03. The highest BCUT2D eigenvalue weighted by molar-refractivity contribution is 5.92. The summed E-state index contributed by atoms with van der Waals surface area (Å²) in [7, 11) is 1.78. The second kappa shape index (κ2) is 4.47. The number of nitrogens with one attached hydrogen (secondary N) is 1. The number of ketones is 1. The Bertz CT molecular complexity index is 376. The molecule has 16 heavy (non-hydrogen) atoms. The molecular formula is C11H15N3O2. The fourth-order valence-corrected chi connectivity index (χ4v) is 2.04. The highest BCUT2D eigenvalue weighted by Crippen LogP contribution is 2.20. The van der Waals surface area contributed by atoms with Crippen molar-refractivity contribution in [2.75, 3.05) is 7.05 Å². The molecule has 0 aliphatic heterocycles. The summed E-state index contributed by atoms with van der Waals surface area (Å²) in [6, 6.07) is 1.83. The largest absolute Gasteiger partial charge is 0.337 e. The molecule has 0 atom stereocenters. The summed E-state index contributed by atoms with van der Waals surface area (Å²) < 4.78 is 0. The summed E-state index contributed by atoms with van der Waals surface area (Å²) in [6.07, 6.45) is 4.28. The zero-order valence-electron chi connectivity index (χ0n) is 9.27. The van der Waals surface area contributed by atoms with E-state index in [2.05, 4.69) is 10.2 Å². The zero-order chi connectivity index (χ0) is 11.5. The number of nitrogens with zero attached hydrogens (tertiary/aromatic N) is 2. The first-order valence-corrected chi connectivity index (χ1v) is 5.46. The van der Waals surface area contributed by atoms with Crippen LogP contribution in [-0.4, -0.2) is 39.9 Å². The molecule has 0 aromatic carbocycles. The van der Waals surface area contributed by atoms with Crippen LogP contribution in [0.3, 0.4) is 0 Å². The topological polar surface area (TPSA) is 66.1 Å². The maximum Gasteiger partial charge on any atom is 0.271 e. The van der Waals surface area contributed by atoms with Crippen molar-refractivity contribution in [1.29, 1.82) is 0 Å². The van der Waals surface area contributed by atoms with Crippen molar-refractivity contribution in [3.05, 3.63) is 18.0 Å². The molecule has 1 aliphatic rings. The average Bonchev–Trinajstić information content (AvgIpc) is 2.81. The van der Waals surface area contributed by atoms with Gasteiger partial charge in [-0.2, -0.15) is 5.10 Å². The lowest BCUT2D eigenvalue weighted by molar-refractivity contribution is -0.121. The lowest BCUT2D eigenvalue weighted by atomic mass is 9.93. The van der Waals surface area contributed by atoms with Gasteiger partial charge in [-0.1, -0.05) is 0 Å². The number of H-pyrrole nitrogens is 1. The van der Waals surface area contributed by atoms with Crippen LogP contribution in [0.5, 0.6) is 0 Å². The first-order chi connectivity index (χ1) is 7.68. The molecule has 0 unspecified atom stereocenters. The summed E-state index contributed by atoms with van der Waals surface area (Å²) in [5, 5.41) is 6.41. The van der Waals surface area contributed by atoms with Crippen molar-refractivity contribution in [2.45, 2.75) is 31.7 Å². The molecule has 1 amide bonds. The Balaban J connectivity index is 1.99. The van der Waals surface area contributed by atoms with E-state index in [1.807, 2.05) is 0 Å². The van der Waals surface area contributed by atoms with Crippen LogP contribution in [0.2, 0.25) is 0 Å². The molecule has 1 aromatic heterocycles. The van der Waals surface area contributed by atoms with Gasteiger partial charge in [-0.05, 0) is 18.9 Å². The van der Waals surface area contributed by atoms with Crippen LogP contribution in [0.15, 0.2) is 12.3 Å². The van der Waals surface area contributed by atoms with Crippen molar-refractivity contribution in [1.82, 2.24) is 15.1 Å². The van der Waals surface area contributed by atoms with Crippen LogP contribution >= 0.6 is 0 Å². The quantitative estimate of drug-likeness (QED) is 0.810. The van der Waals surface area contributed by atoms with Crippen LogP contribution in [0.25, 0.3) is 0 Å². The fraction of sp³-hybridized carbons (Fsp3) is 0.545. The normalized spacial score (nSPS) is 17.4. The van der Waals surface area contributed by atoms with Crippen LogP contribution in [0, 0.1) is 0 Å². The van der Waals surface area contributed by atoms with Crippen LogP contribution < -0.4 is 0 Å². The van der Waals surface area contributed by atoms with Gasteiger partial charge in [0.05, 0.1) is 0 Å². The van der Waals surface area contributed by atoms with Crippen LogP contribution in [0.1, 0.15) is 36.2 Å². The van der Waals surface area contributed by atoms with E-state index >= 15 is 0 Å². The Morgan fingerprint density at radius 1 is 1.50 bits per heavy atom. The summed E-state index contributed by atoms with van der Waals surface area (Å²) in [5.41, 5.74) is 0.499.